The van der Waals surface area contributed by atoms with Crippen molar-refractivity contribution in [1.29, 1.82) is 0 Å². The number of aromatic amines is 1. The second-order valence-electron chi connectivity index (χ2n) is 9.20. The molecule has 2 aliphatic heterocycles. The second-order valence-corrected chi connectivity index (χ2v) is 9.20. The molecule has 6 nitrogen and oxygen atoms in total. The summed E-state index contributed by atoms with van der Waals surface area (Å²) in [5.41, 5.74) is 2.98. The van der Waals surface area contributed by atoms with E-state index in [1.807, 2.05) is 48.5 Å². The fourth-order valence-corrected chi connectivity index (χ4v) is 5.93. The predicted molar refractivity (Wildman–Crippen MR) is 131 cm³/mol. The number of methoxy groups -OCH3 is 1. The third-order valence-electron chi connectivity index (χ3n) is 7.46. The summed E-state index contributed by atoms with van der Waals surface area (Å²) in [4.78, 5) is 31.4. The Balaban J connectivity index is 1.51. The quantitative estimate of drug-likeness (QED) is 0.408. The number of amides is 1. The average Bonchev–Trinajstić information content (AvgIpc) is 3.55. The van der Waals surface area contributed by atoms with E-state index in [9.17, 15) is 18.4 Å². The molecule has 36 heavy (non-hydrogen) atoms. The molecule has 0 unspecified atom stereocenters. The van der Waals surface area contributed by atoms with Gasteiger partial charge in [-0.1, -0.05) is 48.5 Å². The predicted octanol–water partition coefficient (Wildman–Crippen LogP) is 4.75. The summed E-state index contributed by atoms with van der Waals surface area (Å²) in [5.74, 6) is -2.82. The number of esters is 1. The summed E-state index contributed by atoms with van der Waals surface area (Å²) in [5, 5.41) is 4.36. The van der Waals surface area contributed by atoms with Crippen molar-refractivity contribution < 1.29 is 23.1 Å². The van der Waals surface area contributed by atoms with Gasteiger partial charge >= 0.3 is 5.97 Å². The van der Waals surface area contributed by atoms with Crippen molar-refractivity contribution in [2.24, 2.45) is 0 Å². The molecule has 0 saturated carbocycles. The van der Waals surface area contributed by atoms with Gasteiger partial charge in [0.1, 0.15) is 11.9 Å². The Morgan fingerprint density at radius 3 is 2.67 bits per heavy atom. The summed E-state index contributed by atoms with van der Waals surface area (Å²) in [6.07, 6.45) is -0.266. The number of fused-ring (bicyclic) bond motifs is 4. The number of aromatic nitrogens is 1. The van der Waals surface area contributed by atoms with Gasteiger partial charge in [-0.3, -0.25) is 4.79 Å². The van der Waals surface area contributed by atoms with Crippen LogP contribution in [-0.4, -0.2) is 41.6 Å². The highest BCUT2D eigenvalue weighted by molar-refractivity contribution is 6.00. The number of para-hydroxylation sites is 2. The van der Waals surface area contributed by atoms with Crippen molar-refractivity contribution in [3.63, 3.8) is 0 Å². The van der Waals surface area contributed by atoms with Crippen LogP contribution in [0.5, 0.6) is 0 Å². The molecular formula is C28H23F2N3O3. The number of rotatable bonds is 4. The number of hydrogen-bond donors (Lipinski definition) is 2. The van der Waals surface area contributed by atoms with E-state index in [0.29, 0.717) is 18.7 Å². The van der Waals surface area contributed by atoms with Crippen molar-refractivity contribution in [1.82, 2.24) is 9.88 Å². The van der Waals surface area contributed by atoms with E-state index >= 15 is 0 Å². The van der Waals surface area contributed by atoms with Crippen LogP contribution in [0.15, 0.2) is 66.7 Å². The summed E-state index contributed by atoms with van der Waals surface area (Å²) < 4.78 is 33.3. The van der Waals surface area contributed by atoms with Gasteiger partial charge in [0.2, 0.25) is 5.91 Å². The smallest absolute Gasteiger partial charge is 0.354 e. The SMILES string of the molecule is COC(=O)c1[nH]c2ccccc2c1[C@]12CCN(C(=O)Cc3cccc(F)c3F)[C@H]1Nc1ccccc12. The molecule has 3 aromatic carbocycles. The Kier molecular flexibility index (Phi) is 5.07. The lowest BCUT2D eigenvalue weighted by atomic mass is 9.72. The maximum atomic E-state index is 14.4. The van der Waals surface area contributed by atoms with Crippen LogP contribution < -0.4 is 5.32 Å². The van der Waals surface area contributed by atoms with Crippen LogP contribution in [-0.2, 0) is 21.4 Å². The first kappa shape index (κ1) is 22.3. The molecule has 3 heterocycles. The van der Waals surface area contributed by atoms with Crippen LogP contribution in [0.1, 0.15) is 33.6 Å². The molecule has 0 bridgehead atoms. The van der Waals surface area contributed by atoms with Crippen molar-refractivity contribution in [2.45, 2.75) is 24.4 Å². The van der Waals surface area contributed by atoms with Crippen molar-refractivity contribution in [3.8, 4) is 0 Å². The number of carbonyl (C=O) groups excluding carboxylic acids is 2. The van der Waals surface area contributed by atoms with Crippen molar-refractivity contribution in [2.75, 3.05) is 19.0 Å². The fourth-order valence-electron chi connectivity index (χ4n) is 5.93. The third kappa shape index (κ3) is 3.07. The Bertz CT molecular complexity index is 1530. The maximum Gasteiger partial charge on any atom is 0.354 e. The first-order valence-electron chi connectivity index (χ1n) is 11.7. The standard InChI is InChI=1S/C28H23F2N3O3/c1-36-26(35)25-23(17-8-2-4-11-20(17)31-25)28-13-14-33(27(28)32-21-12-5-3-9-18(21)28)22(34)15-16-7-6-10-19(29)24(16)30/h2-12,27,31-32H,13-15H2,1H3/t27-,28-/m1/s1. The van der Waals surface area contributed by atoms with Gasteiger partial charge in [0.15, 0.2) is 11.6 Å². The Morgan fingerprint density at radius 1 is 1.06 bits per heavy atom. The van der Waals surface area contributed by atoms with Gasteiger partial charge in [0.05, 0.1) is 18.9 Å². The summed E-state index contributed by atoms with van der Waals surface area (Å²) in [6, 6.07) is 19.3. The van der Waals surface area contributed by atoms with Gasteiger partial charge < -0.3 is 19.9 Å². The average molecular weight is 488 g/mol. The van der Waals surface area contributed by atoms with E-state index in [0.717, 1.165) is 33.8 Å². The normalized spacial score (nSPS) is 20.2. The largest absolute Gasteiger partial charge is 0.464 e. The molecule has 2 N–H and O–H groups in total. The number of carbonyl (C=O) groups is 2. The molecule has 6 rings (SSSR count). The molecule has 2 aliphatic rings. The molecule has 1 aromatic heterocycles. The zero-order valence-electron chi connectivity index (χ0n) is 19.5. The van der Waals surface area contributed by atoms with Gasteiger partial charge in [-0.15, -0.1) is 0 Å². The maximum absolute atomic E-state index is 14.4. The molecule has 4 aromatic rings. The number of benzene rings is 3. The Labute approximate surface area is 205 Å². The van der Waals surface area contributed by atoms with E-state index in [4.69, 9.17) is 4.74 Å². The van der Waals surface area contributed by atoms with Gasteiger partial charge in [-0.2, -0.15) is 0 Å². The topological polar surface area (TPSA) is 74.4 Å². The lowest BCUT2D eigenvalue weighted by molar-refractivity contribution is -0.131. The highest BCUT2D eigenvalue weighted by atomic mass is 19.2. The molecule has 0 radical (unpaired) electrons. The van der Waals surface area contributed by atoms with Crippen LogP contribution >= 0.6 is 0 Å². The number of likely N-dealkylation sites (tertiary alicyclic amines) is 1. The van der Waals surface area contributed by atoms with Crippen LogP contribution in [0.3, 0.4) is 0 Å². The number of H-pyrrole nitrogens is 1. The van der Waals surface area contributed by atoms with Crippen molar-refractivity contribution in [3.05, 3.63) is 101 Å². The van der Waals surface area contributed by atoms with Crippen LogP contribution in [0.25, 0.3) is 10.9 Å². The van der Waals surface area contributed by atoms with E-state index < -0.39 is 29.2 Å². The van der Waals surface area contributed by atoms with E-state index in [1.165, 1.54) is 19.2 Å². The van der Waals surface area contributed by atoms with E-state index in [2.05, 4.69) is 10.3 Å². The van der Waals surface area contributed by atoms with Crippen LogP contribution in [0.2, 0.25) is 0 Å². The summed E-state index contributed by atoms with van der Waals surface area (Å²) in [6.45, 7) is 0.377. The molecule has 2 atom stereocenters. The summed E-state index contributed by atoms with van der Waals surface area (Å²) in [7, 11) is 1.34. The first-order chi connectivity index (χ1) is 17.5. The number of nitrogens with one attached hydrogen (secondary N) is 2. The van der Waals surface area contributed by atoms with Gasteiger partial charge in [0.25, 0.3) is 0 Å². The van der Waals surface area contributed by atoms with Gasteiger partial charge in [-0.25, -0.2) is 13.6 Å². The monoisotopic (exact) mass is 487 g/mol. The van der Waals surface area contributed by atoms with Gasteiger partial charge in [0, 0.05) is 34.3 Å². The number of nitrogens with zero attached hydrogens (tertiary/aromatic N) is 1. The Hall–Kier alpha value is -4.20. The minimum Gasteiger partial charge on any atom is -0.464 e. The number of ether oxygens (including phenoxy) is 1. The molecular weight excluding hydrogens is 464 g/mol. The Morgan fingerprint density at radius 2 is 1.83 bits per heavy atom. The molecule has 8 heteroatoms. The van der Waals surface area contributed by atoms with Crippen LogP contribution in [0, 0.1) is 11.6 Å². The lowest BCUT2D eigenvalue weighted by Crippen LogP contribution is -2.47. The lowest BCUT2D eigenvalue weighted by Gasteiger charge is -2.33. The minimum atomic E-state index is -1.01. The van der Waals surface area contributed by atoms with E-state index in [-0.39, 0.29) is 17.9 Å². The highest BCUT2D eigenvalue weighted by Gasteiger charge is 2.58. The molecule has 0 spiro atoms. The second kappa shape index (κ2) is 8.19. The highest BCUT2D eigenvalue weighted by Crippen LogP contribution is 2.55. The zero-order chi connectivity index (χ0) is 25.0. The molecule has 1 fully saturated rings. The first-order valence-corrected chi connectivity index (χ1v) is 11.7. The fraction of sp³-hybridized carbons (Fsp3) is 0.214. The zero-order valence-corrected chi connectivity index (χ0v) is 19.5. The molecule has 0 aliphatic carbocycles. The number of anilines is 1. The third-order valence-corrected chi connectivity index (χ3v) is 7.46. The van der Waals surface area contributed by atoms with Crippen molar-refractivity contribution >= 4 is 28.5 Å². The molecule has 1 amide bonds. The minimum absolute atomic E-state index is 0.00959. The summed E-state index contributed by atoms with van der Waals surface area (Å²) >= 11 is 0. The van der Waals surface area contributed by atoms with Gasteiger partial charge in [-0.05, 0) is 30.2 Å². The van der Waals surface area contributed by atoms with Crippen LogP contribution in [0.4, 0.5) is 14.5 Å². The number of halogens is 2. The molecule has 182 valence electrons. The number of hydrogen-bond acceptors (Lipinski definition) is 4. The van der Waals surface area contributed by atoms with E-state index in [1.54, 1.807) is 4.90 Å². The molecule has 1 saturated heterocycles.